The first kappa shape index (κ1) is 11.7. The first-order valence-electron chi connectivity index (χ1n) is 5.28. The third-order valence-electron chi connectivity index (χ3n) is 2.63. The van der Waals surface area contributed by atoms with Crippen molar-refractivity contribution in [3.05, 3.63) is 30.1 Å². The summed E-state index contributed by atoms with van der Waals surface area (Å²) < 4.78 is 0. The summed E-state index contributed by atoms with van der Waals surface area (Å²) >= 11 is 0. The molecule has 0 aliphatic carbocycles. The summed E-state index contributed by atoms with van der Waals surface area (Å²) in [6, 6.07) is 3.81. The molecule has 1 aromatic rings. The Balaban J connectivity index is 2.41. The van der Waals surface area contributed by atoms with Crippen molar-refractivity contribution in [1.82, 2.24) is 10.3 Å². The van der Waals surface area contributed by atoms with Crippen molar-refractivity contribution in [2.75, 3.05) is 0 Å². The van der Waals surface area contributed by atoms with Gasteiger partial charge in [-0.2, -0.15) is 0 Å². The topological polar surface area (TPSA) is 42.0 Å². The van der Waals surface area contributed by atoms with E-state index in [1.807, 2.05) is 19.1 Å². The second-order valence-corrected chi connectivity index (χ2v) is 4.11. The van der Waals surface area contributed by atoms with Crippen LogP contribution in [0.5, 0.6) is 0 Å². The molecule has 3 nitrogen and oxygen atoms in total. The molecular weight excluding hydrogens is 188 g/mol. The molecule has 0 bridgehead atoms. The molecule has 0 radical (unpaired) electrons. The zero-order valence-corrected chi connectivity index (χ0v) is 9.53. The van der Waals surface area contributed by atoms with E-state index in [1.165, 1.54) is 0 Å². The molecule has 1 rings (SSSR count). The minimum atomic E-state index is 0.0619. The van der Waals surface area contributed by atoms with Gasteiger partial charge in [-0.15, -0.1) is 0 Å². The van der Waals surface area contributed by atoms with Crippen LogP contribution >= 0.6 is 0 Å². The van der Waals surface area contributed by atoms with Gasteiger partial charge in [0.25, 0.3) is 0 Å². The molecule has 0 aromatic carbocycles. The van der Waals surface area contributed by atoms with Gasteiger partial charge in [-0.3, -0.25) is 9.78 Å². The lowest BCUT2D eigenvalue weighted by molar-refractivity contribution is -0.125. The zero-order valence-electron chi connectivity index (χ0n) is 9.53. The minimum absolute atomic E-state index is 0.0619. The number of carbonyl (C=O) groups is 1. The van der Waals surface area contributed by atoms with Gasteiger partial charge < -0.3 is 5.32 Å². The smallest absolute Gasteiger partial charge is 0.223 e. The predicted molar refractivity (Wildman–Crippen MR) is 60.1 cm³/mol. The fourth-order valence-electron chi connectivity index (χ4n) is 1.15. The van der Waals surface area contributed by atoms with E-state index in [9.17, 15) is 4.79 Å². The molecule has 0 saturated heterocycles. The number of nitrogens with zero attached hydrogens (tertiary/aromatic N) is 1. The number of rotatable bonds is 4. The van der Waals surface area contributed by atoms with E-state index in [1.54, 1.807) is 12.4 Å². The Labute approximate surface area is 90.9 Å². The minimum Gasteiger partial charge on any atom is -0.352 e. The number of hydrogen-bond donors (Lipinski definition) is 1. The molecule has 0 saturated carbocycles. The zero-order chi connectivity index (χ0) is 11.3. The summed E-state index contributed by atoms with van der Waals surface area (Å²) in [5.41, 5.74) is 1.08. The van der Waals surface area contributed by atoms with E-state index in [2.05, 4.69) is 24.1 Å². The molecule has 3 heteroatoms. The summed E-state index contributed by atoms with van der Waals surface area (Å²) in [6.45, 7) is 6.64. The van der Waals surface area contributed by atoms with Gasteiger partial charge in [-0.25, -0.2) is 0 Å². The van der Waals surface area contributed by atoms with Gasteiger partial charge in [0.2, 0.25) is 5.91 Å². The lowest BCUT2D eigenvalue weighted by Gasteiger charge is -2.15. The van der Waals surface area contributed by atoms with E-state index in [-0.39, 0.29) is 11.8 Å². The number of aromatic nitrogens is 1. The summed E-state index contributed by atoms with van der Waals surface area (Å²) in [5, 5.41) is 2.91. The van der Waals surface area contributed by atoms with Crippen molar-refractivity contribution >= 4 is 5.91 Å². The van der Waals surface area contributed by atoms with Gasteiger partial charge in [-0.05, 0) is 23.6 Å². The van der Waals surface area contributed by atoms with Crippen molar-refractivity contribution in [2.45, 2.75) is 27.3 Å². The quantitative estimate of drug-likeness (QED) is 0.818. The van der Waals surface area contributed by atoms with E-state index >= 15 is 0 Å². The average Bonchev–Trinajstić information content (AvgIpc) is 2.26. The molecule has 1 unspecified atom stereocenters. The monoisotopic (exact) mass is 206 g/mol. The van der Waals surface area contributed by atoms with Gasteiger partial charge >= 0.3 is 0 Å². The van der Waals surface area contributed by atoms with Crippen LogP contribution in [0.3, 0.4) is 0 Å². The van der Waals surface area contributed by atoms with Crippen molar-refractivity contribution in [3.63, 3.8) is 0 Å². The highest BCUT2D eigenvalue weighted by molar-refractivity contribution is 5.78. The fourth-order valence-corrected chi connectivity index (χ4v) is 1.15. The fraction of sp³-hybridized carbons (Fsp3) is 0.500. The third kappa shape index (κ3) is 3.70. The molecule has 82 valence electrons. The number of nitrogens with one attached hydrogen (secondary N) is 1. The van der Waals surface area contributed by atoms with E-state index in [4.69, 9.17) is 0 Å². The largest absolute Gasteiger partial charge is 0.352 e. The maximum Gasteiger partial charge on any atom is 0.223 e. The Morgan fingerprint density at radius 3 is 2.47 bits per heavy atom. The molecule has 1 heterocycles. The van der Waals surface area contributed by atoms with E-state index in [0.717, 1.165) is 5.56 Å². The van der Waals surface area contributed by atoms with Gasteiger partial charge in [0, 0.05) is 24.9 Å². The lowest BCUT2D eigenvalue weighted by atomic mass is 9.97. The number of hydrogen-bond acceptors (Lipinski definition) is 2. The number of amides is 1. The second kappa shape index (κ2) is 5.49. The van der Waals surface area contributed by atoms with Gasteiger partial charge in [0.05, 0.1) is 0 Å². The van der Waals surface area contributed by atoms with Crippen molar-refractivity contribution < 1.29 is 4.79 Å². The number of pyridine rings is 1. The molecule has 0 spiro atoms. The molecule has 0 fully saturated rings. The Morgan fingerprint density at radius 2 is 1.93 bits per heavy atom. The Kier molecular flexibility index (Phi) is 4.28. The highest BCUT2D eigenvalue weighted by Gasteiger charge is 2.15. The van der Waals surface area contributed by atoms with Crippen LogP contribution in [0.4, 0.5) is 0 Å². The van der Waals surface area contributed by atoms with Crippen molar-refractivity contribution in [1.29, 1.82) is 0 Å². The Hall–Kier alpha value is -1.38. The SMILES string of the molecule is CC(C)C(C)C(=O)NCc1ccncc1. The normalized spacial score (nSPS) is 12.5. The second-order valence-electron chi connectivity index (χ2n) is 4.11. The molecule has 1 N–H and O–H groups in total. The lowest BCUT2D eigenvalue weighted by Crippen LogP contribution is -2.31. The summed E-state index contributed by atoms with van der Waals surface area (Å²) in [5.74, 6) is 0.552. The average molecular weight is 206 g/mol. The van der Waals surface area contributed by atoms with Crippen molar-refractivity contribution in [2.24, 2.45) is 11.8 Å². The summed E-state index contributed by atoms with van der Waals surface area (Å²) in [6.07, 6.45) is 3.46. The molecule has 0 aliphatic heterocycles. The molecule has 15 heavy (non-hydrogen) atoms. The van der Waals surface area contributed by atoms with Crippen LogP contribution in [0, 0.1) is 11.8 Å². The van der Waals surface area contributed by atoms with Gasteiger partial charge in [0.15, 0.2) is 0 Å². The standard InChI is InChI=1S/C12H18N2O/c1-9(2)10(3)12(15)14-8-11-4-6-13-7-5-11/h4-7,9-10H,8H2,1-3H3,(H,14,15). The third-order valence-corrected chi connectivity index (χ3v) is 2.63. The van der Waals surface area contributed by atoms with Crippen LogP contribution in [0.25, 0.3) is 0 Å². The highest BCUT2D eigenvalue weighted by atomic mass is 16.1. The maximum atomic E-state index is 11.6. The van der Waals surface area contributed by atoms with E-state index < -0.39 is 0 Å². The first-order chi connectivity index (χ1) is 7.11. The summed E-state index contributed by atoms with van der Waals surface area (Å²) in [4.78, 5) is 15.6. The molecule has 1 aromatic heterocycles. The Bertz CT molecular complexity index is 309. The number of carbonyl (C=O) groups excluding carboxylic acids is 1. The maximum absolute atomic E-state index is 11.6. The molecular formula is C12H18N2O. The highest BCUT2D eigenvalue weighted by Crippen LogP contribution is 2.09. The van der Waals surface area contributed by atoms with Gasteiger partial charge in [0.1, 0.15) is 0 Å². The predicted octanol–water partition coefficient (Wildman–Crippen LogP) is 1.99. The molecule has 1 amide bonds. The van der Waals surface area contributed by atoms with Crippen LogP contribution < -0.4 is 5.32 Å². The van der Waals surface area contributed by atoms with E-state index in [0.29, 0.717) is 12.5 Å². The van der Waals surface area contributed by atoms with Crippen LogP contribution in [0.2, 0.25) is 0 Å². The van der Waals surface area contributed by atoms with Crippen LogP contribution in [-0.2, 0) is 11.3 Å². The Morgan fingerprint density at radius 1 is 1.33 bits per heavy atom. The summed E-state index contributed by atoms with van der Waals surface area (Å²) in [7, 11) is 0. The molecule has 1 atom stereocenters. The van der Waals surface area contributed by atoms with Crippen LogP contribution in [-0.4, -0.2) is 10.9 Å². The molecule has 0 aliphatic rings. The first-order valence-corrected chi connectivity index (χ1v) is 5.28. The van der Waals surface area contributed by atoms with Crippen molar-refractivity contribution in [3.8, 4) is 0 Å². The van der Waals surface area contributed by atoms with Gasteiger partial charge in [-0.1, -0.05) is 20.8 Å². The van der Waals surface area contributed by atoms with Crippen LogP contribution in [0.1, 0.15) is 26.3 Å². The van der Waals surface area contributed by atoms with Crippen LogP contribution in [0.15, 0.2) is 24.5 Å².